The molecule has 0 amide bonds. The van der Waals surface area contributed by atoms with Gasteiger partial charge >= 0.3 is 5.69 Å². The summed E-state index contributed by atoms with van der Waals surface area (Å²) in [7, 11) is 0. The van der Waals surface area contributed by atoms with Gasteiger partial charge in [0.2, 0.25) is 5.88 Å². The molecule has 21 nitrogen and oxygen atoms in total. The molecule has 4 aliphatic rings. The maximum Gasteiger partial charge on any atom is 0.326 e. The topological polar surface area (TPSA) is 257 Å². The first-order chi connectivity index (χ1) is 32.2. The summed E-state index contributed by atoms with van der Waals surface area (Å²) in [5, 5.41) is 42.0. The molecule has 66 heavy (non-hydrogen) atoms. The van der Waals surface area contributed by atoms with Crippen molar-refractivity contribution in [3.8, 4) is 18.0 Å². The molecule has 2 aliphatic carbocycles. The Kier molecular flexibility index (Phi) is 10.9. The van der Waals surface area contributed by atoms with E-state index in [1.807, 2.05) is 13.8 Å². The molecule has 0 bridgehead atoms. The molecule has 2 aliphatic heterocycles. The zero-order valence-corrected chi connectivity index (χ0v) is 36.4. The summed E-state index contributed by atoms with van der Waals surface area (Å²) >= 11 is 0. The Hall–Kier alpha value is -8.33. The van der Waals surface area contributed by atoms with Crippen LogP contribution >= 0.6 is 0 Å². The van der Waals surface area contributed by atoms with E-state index in [2.05, 4.69) is 67.2 Å². The first-order valence-corrected chi connectivity index (χ1v) is 22.0. The third-order valence-electron chi connectivity index (χ3n) is 12.2. The standard InChI is InChI=1S/C24H24N10O2.C21H22N8O/c1-14-19(32-7-9-33(10-8-32)21-15(12-25)3-2-6-26-21)30-22-16(11-18-23(35)31-24(36)29-18)13-27-34(22)20(14)28-17-4-5-17;1-14-18(26-21-16(13-30)12-24-29(21)19(14)25-17-4-5-17)27-7-9-28(10-8-27)20-15(11-22)3-2-6-23-20/h2-3,6,11,13,17,35H,4-5,7-10H2,1H3,(H2,29,31,36);2-3,6,12-13,17,25H,4-5,7-10H2,1H3. The highest BCUT2D eigenvalue weighted by molar-refractivity contribution is 5.85. The van der Waals surface area contributed by atoms with Crippen molar-refractivity contribution in [3.63, 3.8) is 0 Å². The second-order valence-corrected chi connectivity index (χ2v) is 16.8. The van der Waals surface area contributed by atoms with Crippen LogP contribution in [0.2, 0.25) is 0 Å². The molecule has 334 valence electrons. The van der Waals surface area contributed by atoms with Crippen LogP contribution in [0.15, 0.2) is 58.8 Å². The zero-order valence-electron chi connectivity index (χ0n) is 36.4. The van der Waals surface area contributed by atoms with Gasteiger partial charge in [0.05, 0.1) is 35.1 Å². The van der Waals surface area contributed by atoms with E-state index >= 15 is 0 Å². The number of carbonyl (C=O) groups excluding carboxylic acids is 1. The first-order valence-electron chi connectivity index (χ1n) is 22.0. The van der Waals surface area contributed by atoms with Crippen molar-refractivity contribution < 1.29 is 9.90 Å². The lowest BCUT2D eigenvalue weighted by Gasteiger charge is -2.37. The highest BCUT2D eigenvalue weighted by Gasteiger charge is 2.29. The molecule has 0 aromatic carbocycles. The van der Waals surface area contributed by atoms with Crippen molar-refractivity contribution in [2.75, 3.05) is 77.3 Å². The molecule has 4 N–H and O–H groups in total. The number of aromatic amines is 2. The third-order valence-corrected chi connectivity index (χ3v) is 12.2. The number of aromatic hydroxyl groups is 1. The third kappa shape index (κ3) is 8.06. The first kappa shape index (κ1) is 41.7. The quantitative estimate of drug-likeness (QED) is 0.151. The van der Waals surface area contributed by atoms with Crippen molar-refractivity contribution in [1.82, 2.24) is 49.1 Å². The van der Waals surface area contributed by atoms with Crippen LogP contribution < -0.4 is 41.3 Å². The SMILES string of the molecule is Cc1c(N2CCN(c3ncccc3C#N)CC2)nc2c(=Cc3[nH]c(=O)[nH]c3O)cnn2c1=NC1CC1.Cc1c(N2CCN(c3ncccc3C#N)CC2)nc2c(C=O)cnn2c1NC1CC1. The molecular formula is C45H46N18O3. The molecule has 4 fully saturated rings. The fourth-order valence-corrected chi connectivity index (χ4v) is 8.44. The highest BCUT2D eigenvalue weighted by Crippen LogP contribution is 2.33. The van der Waals surface area contributed by atoms with Crippen LogP contribution in [0.5, 0.6) is 5.88 Å². The fourth-order valence-electron chi connectivity index (χ4n) is 8.44. The van der Waals surface area contributed by atoms with E-state index in [4.69, 9.17) is 15.0 Å². The summed E-state index contributed by atoms with van der Waals surface area (Å²) in [6.45, 7) is 9.84. The number of hydrogen-bond donors (Lipinski definition) is 4. The van der Waals surface area contributed by atoms with E-state index < -0.39 is 5.69 Å². The van der Waals surface area contributed by atoms with Crippen molar-refractivity contribution in [1.29, 1.82) is 10.5 Å². The van der Waals surface area contributed by atoms with E-state index in [0.29, 0.717) is 71.2 Å². The minimum absolute atomic E-state index is 0.239. The summed E-state index contributed by atoms with van der Waals surface area (Å²) in [5.41, 5.74) is 5.33. The summed E-state index contributed by atoms with van der Waals surface area (Å²) in [6, 6.07) is 12.3. The van der Waals surface area contributed by atoms with E-state index in [0.717, 1.165) is 98.0 Å². The average Bonchev–Trinajstić information content (AvgIpc) is 4.25. The van der Waals surface area contributed by atoms with Crippen LogP contribution in [0.25, 0.3) is 17.4 Å². The van der Waals surface area contributed by atoms with Crippen LogP contribution in [-0.4, -0.2) is 125 Å². The monoisotopic (exact) mass is 886 g/mol. The van der Waals surface area contributed by atoms with E-state index in [1.165, 1.54) is 0 Å². The maximum atomic E-state index is 11.6. The lowest BCUT2D eigenvalue weighted by Crippen LogP contribution is -2.48. The molecule has 2 saturated carbocycles. The largest absolute Gasteiger partial charge is 0.493 e. The minimum atomic E-state index is -0.491. The predicted molar refractivity (Wildman–Crippen MR) is 245 cm³/mol. The lowest BCUT2D eigenvalue weighted by molar-refractivity contribution is 0.112. The zero-order chi connectivity index (χ0) is 45.5. The van der Waals surface area contributed by atoms with Gasteiger partial charge in [-0.15, -0.1) is 0 Å². The Balaban J connectivity index is 0.000000158. The lowest BCUT2D eigenvalue weighted by atomic mass is 10.2. The second kappa shape index (κ2) is 17.3. The van der Waals surface area contributed by atoms with E-state index in [-0.39, 0.29) is 17.6 Å². The van der Waals surface area contributed by atoms with E-state index in [1.54, 1.807) is 64.2 Å². The van der Waals surface area contributed by atoms with Gasteiger partial charge in [0, 0.05) is 87.1 Å². The Morgan fingerprint density at radius 1 is 0.758 bits per heavy atom. The summed E-state index contributed by atoms with van der Waals surface area (Å²) in [4.78, 5) is 60.3. The van der Waals surface area contributed by atoms with Gasteiger partial charge in [-0.05, 0) is 69.9 Å². The molecule has 0 radical (unpaired) electrons. The predicted octanol–water partition coefficient (Wildman–Crippen LogP) is 1.98. The summed E-state index contributed by atoms with van der Waals surface area (Å²) in [5.74, 6) is 3.80. The maximum absolute atomic E-state index is 11.6. The number of rotatable bonds is 9. The molecule has 0 spiro atoms. The van der Waals surface area contributed by atoms with Crippen molar-refractivity contribution in [3.05, 3.63) is 104 Å². The van der Waals surface area contributed by atoms with Crippen LogP contribution in [0, 0.1) is 36.5 Å². The highest BCUT2D eigenvalue weighted by atomic mass is 16.3. The molecular weight excluding hydrogens is 841 g/mol. The number of anilines is 5. The molecule has 2 saturated heterocycles. The summed E-state index contributed by atoms with van der Waals surface area (Å²) in [6.07, 6.45) is 13.5. The molecule has 21 heteroatoms. The number of H-pyrrole nitrogens is 2. The molecule has 0 atom stereocenters. The van der Waals surface area contributed by atoms with Crippen LogP contribution in [0.1, 0.15) is 64.0 Å². The van der Waals surface area contributed by atoms with Crippen molar-refractivity contribution in [2.24, 2.45) is 4.99 Å². The number of fused-ring (bicyclic) bond motifs is 2. The van der Waals surface area contributed by atoms with Crippen LogP contribution in [0.3, 0.4) is 0 Å². The Morgan fingerprint density at radius 2 is 1.32 bits per heavy atom. The number of aromatic nitrogens is 10. The minimum Gasteiger partial charge on any atom is -0.493 e. The number of hydrogen-bond acceptors (Lipinski definition) is 17. The van der Waals surface area contributed by atoms with Gasteiger partial charge in [-0.3, -0.25) is 14.8 Å². The van der Waals surface area contributed by atoms with Gasteiger partial charge in [-0.2, -0.15) is 29.8 Å². The molecule has 11 rings (SSSR count). The van der Waals surface area contributed by atoms with Gasteiger partial charge < -0.3 is 35.0 Å². The van der Waals surface area contributed by atoms with Crippen molar-refractivity contribution >= 4 is 52.7 Å². The van der Waals surface area contributed by atoms with Crippen molar-refractivity contribution in [2.45, 2.75) is 51.6 Å². The fraction of sp³-hybridized carbons (Fsp3) is 0.356. The summed E-state index contributed by atoms with van der Waals surface area (Å²) < 4.78 is 3.47. The van der Waals surface area contributed by atoms with Crippen LogP contribution in [-0.2, 0) is 0 Å². The average molecular weight is 887 g/mol. The number of nitrogens with one attached hydrogen (secondary N) is 3. The number of nitriles is 2. The number of nitrogens with zero attached hydrogens (tertiary/aromatic N) is 15. The van der Waals surface area contributed by atoms with Gasteiger partial charge in [0.1, 0.15) is 46.9 Å². The second-order valence-electron chi connectivity index (χ2n) is 16.8. The number of pyridine rings is 2. The molecule has 7 aromatic rings. The number of carbonyl (C=O) groups is 1. The Morgan fingerprint density at radius 3 is 1.85 bits per heavy atom. The van der Waals surface area contributed by atoms with Gasteiger partial charge in [0.15, 0.2) is 23.1 Å². The number of piperazine rings is 2. The Labute approximate surface area is 377 Å². The molecule has 9 heterocycles. The molecule has 0 unspecified atom stereocenters. The smallest absolute Gasteiger partial charge is 0.326 e. The van der Waals surface area contributed by atoms with Gasteiger partial charge in [0.25, 0.3) is 0 Å². The molecule has 7 aromatic heterocycles. The van der Waals surface area contributed by atoms with Gasteiger partial charge in [-0.25, -0.2) is 24.7 Å². The van der Waals surface area contributed by atoms with Crippen LogP contribution in [0.4, 0.5) is 29.1 Å². The number of imidazole rings is 1. The normalized spacial score (nSPS) is 16.9. The van der Waals surface area contributed by atoms with E-state index in [9.17, 15) is 25.2 Å². The van der Waals surface area contributed by atoms with Gasteiger partial charge in [-0.1, -0.05) is 0 Å². The number of aldehydes is 1. The Bertz CT molecular complexity index is 3260.